The van der Waals surface area contributed by atoms with Crippen LogP contribution in [0.4, 0.5) is 0 Å². The Hall–Kier alpha value is -2.62. The van der Waals surface area contributed by atoms with Gasteiger partial charge in [0.15, 0.2) is 0 Å². The van der Waals surface area contributed by atoms with Crippen LogP contribution < -0.4 is 0 Å². The van der Waals surface area contributed by atoms with Gasteiger partial charge in [0.2, 0.25) is 0 Å². The SMILES string of the molecule is O=C(c1cccnc1)N1CCC(c2cc3ccccc3[nH]2)CC1. The van der Waals surface area contributed by atoms with Crippen LogP contribution in [0.25, 0.3) is 10.9 Å². The summed E-state index contributed by atoms with van der Waals surface area (Å²) in [5.41, 5.74) is 3.16. The topological polar surface area (TPSA) is 49.0 Å². The first-order valence-electron chi connectivity index (χ1n) is 8.08. The molecular weight excluding hydrogens is 286 g/mol. The fraction of sp³-hybridized carbons (Fsp3) is 0.263. The van der Waals surface area contributed by atoms with Crippen LogP contribution in [-0.2, 0) is 0 Å². The second-order valence-corrected chi connectivity index (χ2v) is 6.12. The van der Waals surface area contributed by atoms with Crippen molar-refractivity contribution in [3.8, 4) is 0 Å². The number of nitrogens with one attached hydrogen (secondary N) is 1. The number of fused-ring (bicyclic) bond motifs is 1. The third-order valence-electron chi connectivity index (χ3n) is 4.68. The van der Waals surface area contributed by atoms with Crippen molar-refractivity contribution in [2.45, 2.75) is 18.8 Å². The van der Waals surface area contributed by atoms with Gasteiger partial charge in [-0.25, -0.2) is 0 Å². The van der Waals surface area contributed by atoms with Gasteiger partial charge in [-0.1, -0.05) is 18.2 Å². The third-order valence-corrected chi connectivity index (χ3v) is 4.68. The van der Waals surface area contributed by atoms with Crippen molar-refractivity contribution >= 4 is 16.8 Å². The number of para-hydroxylation sites is 1. The molecule has 23 heavy (non-hydrogen) atoms. The van der Waals surface area contributed by atoms with Crippen LogP contribution in [0.2, 0.25) is 0 Å². The fourth-order valence-corrected chi connectivity index (χ4v) is 3.38. The second-order valence-electron chi connectivity index (χ2n) is 6.12. The number of carbonyl (C=O) groups is 1. The maximum absolute atomic E-state index is 12.5. The molecule has 4 heteroatoms. The van der Waals surface area contributed by atoms with Crippen LogP contribution in [-0.4, -0.2) is 33.9 Å². The van der Waals surface area contributed by atoms with E-state index in [1.165, 1.54) is 16.6 Å². The van der Waals surface area contributed by atoms with E-state index in [9.17, 15) is 4.79 Å². The molecule has 1 amide bonds. The normalized spacial score (nSPS) is 15.9. The Kier molecular flexibility index (Phi) is 3.58. The molecule has 3 heterocycles. The number of hydrogen-bond acceptors (Lipinski definition) is 2. The highest BCUT2D eigenvalue weighted by molar-refractivity contribution is 5.93. The largest absolute Gasteiger partial charge is 0.358 e. The lowest BCUT2D eigenvalue weighted by Crippen LogP contribution is -2.38. The number of aromatic amines is 1. The molecule has 1 aliphatic heterocycles. The van der Waals surface area contributed by atoms with Gasteiger partial charge in [-0.15, -0.1) is 0 Å². The number of aromatic nitrogens is 2. The van der Waals surface area contributed by atoms with Crippen molar-refractivity contribution in [2.75, 3.05) is 13.1 Å². The molecule has 1 aromatic carbocycles. The number of rotatable bonds is 2. The van der Waals surface area contributed by atoms with E-state index in [2.05, 4.69) is 40.3 Å². The minimum Gasteiger partial charge on any atom is -0.358 e. The molecule has 4 rings (SSSR count). The van der Waals surface area contributed by atoms with Crippen molar-refractivity contribution in [3.05, 3.63) is 66.1 Å². The predicted molar refractivity (Wildman–Crippen MR) is 90.4 cm³/mol. The molecule has 116 valence electrons. The molecule has 0 aliphatic carbocycles. The zero-order valence-electron chi connectivity index (χ0n) is 12.9. The van der Waals surface area contributed by atoms with Gasteiger partial charge in [0.25, 0.3) is 5.91 Å². The van der Waals surface area contributed by atoms with Gasteiger partial charge in [0, 0.05) is 42.6 Å². The summed E-state index contributed by atoms with van der Waals surface area (Å²) in [5, 5.41) is 1.26. The van der Waals surface area contributed by atoms with Gasteiger partial charge in [-0.2, -0.15) is 0 Å². The van der Waals surface area contributed by atoms with E-state index in [4.69, 9.17) is 0 Å². The quantitative estimate of drug-likeness (QED) is 0.786. The summed E-state index contributed by atoms with van der Waals surface area (Å²) in [4.78, 5) is 22.0. The number of benzene rings is 1. The lowest BCUT2D eigenvalue weighted by molar-refractivity contribution is 0.0712. The molecule has 0 unspecified atom stereocenters. The third kappa shape index (κ3) is 2.72. The van der Waals surface area contributed by atoms with E-state index in [0.29, 0.717) is 11.5 Å². The fourth-order valence-electron chi connectivity index (χ4n) is 3.38. The molecule has 0 radical (unpaired) electrons. The second kappa shape index (κ2) is 5.88. The average Bonchev–Trinajstić information content (AvgIpc) is 3.06. The molecule has 0 bridgehead atoms. The molecule has 3 aromatic rings. The minimum atomic E-state index is 0.0909. The predicted octanol–water partition coefficient (Wildman–Crippen LogP) is 3.58. The Balaban J connectivity index is 1.45. The highest BCUT2D eigenvalue weighted by Gasteiger charge is 2.25. The molecule has 0 atom stereocenters. The Morgan fingerprint density at radius 2 is 1.96 bits per heavy atom. The molecule has 4 nitrogen and oxygen atoms in total. The average molecular weight is 305 g/mol. The minimum absolute atomic E-state index is 0.0909. The number of piperidine rings is 1. The number of amides is 1. The van der Waals surface area contributed by atoms with Gasteiger partial charge in [-0.3, -0.25) is 9.78 Å². The van der Waals surface area contributed by atoms with Crippen molar-refractivity contribution in [2.24, 2.45) is 0 Å². The summed E-state index contributed by atoms with van der Waals surface area (Å²) in [7, 11) is 0. The Morgan fingerprint density at radius 1 is 1.13 bits per heavy atom. The Morgan fingerprint density at radius 3 is 2.70 bits per heavy atom. The summed E-state index contributed by atoms with van der Waals surface area (Å²) in [6.45, 7) is 1.60. The smallest absolute Gasteiger partial charge is 0.255 e. The monoisotopic (exact) mass is 305 g/mol. The summed E-state index contributed by atoms with van der Waals surface area (Å²) >= 11 is 0. The summed E-state index contributed by atoms with van der Waals surface area (Å²) < 4.78 is 0. The van der Waals surface area contributed by atoms with Crippen LogP contribution in [0.1, 0.15) is 34.8 Å². The molecule has 1 saturated heterocycles. The number of nitrogens with zero attached hydrogens (tertiary/aromatic N) is 2. The number of H-pyrrole nitrogens is 1. The first-order valence-corrected chi connectivity index (χ1v) is 8.08. The molecule has 1 aliphatic rings. The van der Waals surface area contributed by atoms with Gasteiger partial charge >= 0.3 is 0 Å². The van der Waals surface area contributed by atoms with E-state index in [-0.39, 0.29) is 5.91 Å². The number of likely N-dealkylation sites (tertiary alicyclic amines) is 1. The van der Waals surface area contributed by atoms with E-state index < -0.39 is 0 Å². The lowest BCUT2D eigenvalue weighted by atomic mass is 9.93. The summed E-state index contributed by atoms with van der Waals surface area (Å²) in [6.07, 6.45) is 5.34. The van der Waals surface area contributed by atoms with Crippen molar-refractivity contribution in [3.63, 3.8) is 0 Å². The number of carbonyl (C=O) groups excluding carboxylic acids is 1. The molecular formula is C19H19N3O. The highest BCUT2D eigenvalue weighted by Crippen LogP contribution is 2.30. The lowest BCUT2D eigenvalue weighted by Gasteiger charge is -2.31. The molecule has 1 N–H and O–H groups in total. The molecule has 1 fully saturated rings. The standard InChI is InChI=1S/C19H19N3O/c23-19(16-5-3-9-20-13-16)22-10-7-14(8-11-22)18-12-15-4-1-2-6-17(15)21-18/h1-6,9,12-14,21H,7-8,10-11H2. The zero-order chi connectivity index (χ0) is 15.6. The molecule has 2 aromatic heterocycles. The Labute approximate surface area is 135 Å². The van der Waals surface area contributed by atoms with Gasteiger partial charge in [0.05, 0.1) is 5.56 Å². The van der Waals surface area contributed by atoms with Gasteiger partial charge in [-0.05, 0) is 42.5 Å². The maximum Gasteiger partial charge on any atom is 0.255 e. The summed E-state index contributed by atoms with van der Waals surface area (Å²) in [5.74, 6) is 0.591. The van der Waals surface area contributed by atoms with E-state index in [1.807, 2.05) is 17.0 Å². The van der Waals surface area contributed by atoms with Gasteiger partial charge < -0.3 is 9.88 Å². The summed E-state index contributed by atoms with van der Waals surface area (Å²) in [6, 6.07) is 14.3. The zero-order valence-corrected chi connectivity index (χ0v) is 12.9. The number of hydrogen-bond donors (Lipinski definition) is 1. The van der Waals surface area contributed by atoms with Crippen LogP contribution in [0.15, 0.2) is 54.9 Å². The van der Waals surface area contributed by atoms with Crippen molar-refractivity contribution < 1.29 is 4.79 Å². The number of pyridine rings is 1. The van der Waals surface area contributed by atoms with Crippen LogP contribution in [0.3, 0.4) is 0 Å². The van der Waals surface area contributed by atoms with Gasteiger partial charge in [0.1, 0.15) is 0 Å². The van der Waals surface area contributed by atoms with Crippen LogP contribution >= 0.6 is 0 Å². The molecule has 0 saturated carbocycles. The van der Waals surface area contributed by atoms with E-state index in [0.717, 1.165) is 25.9 Å². The Bertz CT molecular complexity index is 784. The highest BCUT2D eigenvalue weighted by atomic mass is 16.2. The van der Waals surface area contributed by atoms with E-state index >= 15 is 0 Å². The van der Waals surface area contributed by atoms with E-state index in [1.54, 1.807) is 12.4 Å². The van der Waals surface area contributed by atoms with Crippen molar-refractivity contribution in [1.82, 2.24) is 14.9 Å². The first kappa shape index (κ1) is 14.0. The maximum atomic E-state index is 12.5. The van der Waals surface area contributed by atoms with Crippen LogP contribution in [0, 0.1) is 0 Å². The van der Waals surface area contributed by atoms with Crippen LogP contribution in [0.5, 0.6) is 0 Å². The molecule has 0 spiro atoms. The first-order chi connectivity index (χ1) is 11.3. The van der Waals surface area contributed by atoms with Crippen molar-refractivity contribution in [1.29, 1.82) is 0 Å².